The van der Waals surface area contributed by atoms with Gasteiger partial charge < -0.3 is 13.7 Å². The van der Waals surface area contributed by atoms with Crippen LogP contribution in [-0.4, -0.2) is 0 Å². The Hall–Kier alpha value is -8.40. The van der Waals surface area contributed by atoms with E-state index in [1.807, 2.05) is 18.2 Å². The van der Waals surface area contributed by atoms with Crippen LogP contribution in [-0.2, 0) is 0 Å². The molecular formula is C60H37NO2. The maximum atomic E-state index is 6.76. The molecule has 0 bridgehead atoms. The largest absolute Gasteiger partial charge is 0.456 e. The summed E-state index contributed by atoms with van der Waals surface area (Å²) in [5.41, 5.74) is 13.1. The van der Waals surface area contributed by atoms with Gasteiger partial charge in [-0.1, -0.05) is 170 Å². The van der Waals surface area contributed by atoms with Gasteiger partial charge in [-0.3, -0.25) is 0 Å². The molecule has 0 saturated heterocycles. The van der Waals surface area contributed by atoms with Gasteiger partial charge in [0.1, 0.15) is 22.3 Å². The number of hydrogen-bond acceptors (Lipinski definition) is 3. The maximum absolute atomic E-state index is 6.76. The van der Waals surface area contributed by atoms with Crippen LogP contribution >= 0.6 is 0 Å². The summed E-state index contributed by atoms with van der Waals surface area (Å²) in [6.45, 7) is 0. The van der Waals surface area contributed by atoms with Crippen LogP contribution in [0.4, 0.5) is 17.1 Å². The maximum Gasteiger partial charge on any atom is 0.143 e. The van der Waals surface area contributed by atoms with E-state index in [4.69, 9.17) is 8.83 Å². The van der Waals surface area contributed by atoms with Crippen LogP contribution in [0.1, 0.15) is 0 Å². The molecule has 294 valence electrons. The topological polar surface area (TPSA) is 29.5 Å². The van der Waals surface area contributed by atoms with Gasteiger partial charge >= 0.3 is 0 Å². The van der Waals surface area contributed by atoms with Gasteiger partial charge in [0.15, 0.2) is 0 Å². The summed E-state index contributed by atoms with van der Waals surface area (Å²) < 4.78 is 13.4. The Labute approximate surface area is 363 Å². The SMILES string of the molecule is c1ccc(N(c2ccc3c(c2)oc2ccccc23)c2cccc(-c3cccc4c3oc3ccccc34)c2-c2ccc3ccccc3c2)c(-c2ccc3c(ccc4ccccc43)c2)c1. The van der Waals surface area contributed by atoms with Crippen molar-refractivity contribution in [1.82, 2.24) is 0 Å². The van der Waals surface area contributed by atoms with Crippen LogP contribution in [0.5, 0.6) is 0 Å². The van der Waals surface area contributed by atoms with Gasteiger partial charge in [-0.25, -0.2) is 0 Å². The lowest BCUT2D eigenvalue weighted by Crippen LogP contribution is -2.13. The number of para-hydroxylation sites is 4. The van der Waals surface area contributed by atoms with Crippen molar-refractivity contribution in [2.45, 2.75) is 0 Å². The van der Waals surface area contributed by atoms with Crippen molar-refractivity contribution in [1.29, 1.82) is 0 Å². The van der Waals surface area contributed by atoms with Crippen molar-refractivity contribution >= 4 is 93.3 Å². The third-order valence-corrected chi connectivity index (χ3v) is 12.8. The molecule has 2 aromatic heterocycles. The summed E-state index contributed by atoms with van der Waals surface area (Å²) in [6, 6.07) is 80.7. The highest BCUT2D eigenvalue weighted by Gasteiger charge is 2.25. The molecule has 0 spiro atoms. The summed E-state index contributed by atoms with van der Waals surface area (Å²) in [4.78, 5) is 2.43. The highest BCUT2D eigenvalue weighted by molar-refractivity contribution is 6.13. The average molecular weight is 804 g/mol. The van der Waals surface area contributed by atoms with E-state index in [1.165, 1.54) is 32.3 Å². The molecule has 0 aliphatic heterocycles. The smallest absolute Gasteiger partial charge is 0.143 e. The molecule has 63 heavy (non-hydrogen) atoms. The quantitative estimate of drug-likeness (QED) is 0.157. The Morgan fingerprint density at radius 1 is 0.286 bits per heavy atom. The van der Waals surface area contributed by atoms with E-state index in [9.17, 15) is 0 Å². The van der Waals surface area contributed by atoms with Gasteiger partial charge in [0.2, 0.25) is 0 Å². The fourth-order valence-corrected chi connectivity index (χ4v) is 9.91. The minimum absolute atomic E-state index is 0.837. The molecule has 0 aliphatic carbocycles. The van der Waals surface area contributed by atoms with E-state index in [0.717, 1.165) is 94.3 Å². The molecule has 2 heterocycles. The molecule has 0 N–H and O–H groups in total. The van der Waals surface area contributed by atoms with Crippen LogP contribution in [0.15, 0.2) is 233 Å². The zero-order valence-corrected chi connectivity index (χ0v) is 34.1. The molecule has 3 heteroatoms. The molecule has 3 nitrogen and oxygen atoms in total. The van der Waals surface area contributed by atoms with Crippen LogP contribution in [0.3, 0.4) is 0 Å². The zero-order valence-electron chi connectivity index (χ0n) is 34.1. The number of fused-ring (bicyclic) bond motifs is 10. The van der Waals surface area contributed by atoms with E-state index in [-0.39, 0.29) is 0 Å². The highest BCUT2D eigenvalue weighted by atomic mass is 16.3. The van der Waals surface area contributed by atoms with Crippen LogP contribution in [0.2, 0.25) is 0 Å². The second-order valence-corrected chi connectivity index (χ2v) is 16.4. The minimum Gasteiger partial charge on any atom is -0.456 e. The minimum atomic E-state index is 0.837. The molecule has 0 saturated carbocycles. The first-order chi connectivity index (χ1) is 31.2. The summed E-state index contributed by atoms with van der Waals surface area (Å²) in [6.07, 6.45) is 0. The normalized spacial score (nSPS) is 11.8. The van der Waals surface area contributed by atoms with Gasteiger partial charge in [-0.05, 0) is 97.5 Å². The van der Waals surface area contributed by atoms with Gasteiger partial charge in [0.25, 0.3) is 0 Å². The van der Waals surface area contributed by atoms with Crippen LogP contribution in [0, 0.1) is 0 Å². The Kier molecular flexibility index (Phi) is 7.91. The first-order valence-corrected chi connectivity index (χ1v) is 21.5. The first-order valence-electron chi connectivity index (χ1n) is 21.5. The zero-order chi connectivity index (χ0) is 41.4. The number of benzene rings is 11. The third-order valence-electron chi connectivity index (χ3n) is 12.8. The lowest BCUT2D eigenvalue weighted by molar-refractivity contribution is 0.669. The second-order valence-electron chi connectivity index (χ2n) is 16.4. The number of anilines is 3. The Bertz CT molecular complexity index is 3940. The summed E-state index contributed by atoms with van der Waals surface area (Å²) in [7, 11) is 0. The fourth-order valence-electron chi connectivity index (χ4n) is 9.91. The lowest BCUT2D eigenvalue weighted by Gasteiger charge is -2.31. The Morgan fingerprint density at radius 3 is 1.73 bits per heavy atom. The van der Waals surface area contributed by atoms with E-state index < -0.39 is 0 Å². The predicted octanol–water partition coefficient (Wildman–Crippen LogP) is 17.4. The van der Waals surface area contributed by atoms with E-state index in [1.54, 1.807) is 0 Å². The second kappa shape index (κ2) is 14.1. The average Bonchev–Trinajstić information content (AvgIpc) is 3.92. The Balaban J connectivity index is 1.11. The standard InChI is InChI=1S/C60H37NO2/c1-2-15-40-35-43(30-27-38(40)13-1)59-51(53-22-11-21-52-49-19-7-10-26-57(49)63-60(52)53)20-12-24-55(59)61(44-32-34-50-48-18-6-9-25-56(48)62-58(50)37-44)54-23-8-5-17-47(54)42-31-33-46-41(36-42)29-28-39-14-3-4-16-45(39)46/h1-37H. The van der Waals surface area contributed by atoms with Gasteiger partial charge in [0, 0.05) is 50.0 Å². The van der Waals surface area contributed by atoms with E-state index >= 15 is 0 Å². The number of hydrogen-bond donors (Lipinski definition) is 0. The third kappa shape index (κ3) is 5.67. The van der Waals surface area contributed by atoms with E-state index in [0.29, 0.717) is 0 Å². The van der Waals surface area contributed by atoms with Crippen molar-refractivity contribution in [2.24, 2.45) is 0 Å². The van der Waals surface area contributed by atoms with Crippen molar-refractivity contribution in [3.63, 3.8) is 0 Å². The number of furan rings is 2. The monoisotopic (exact) mass is 803 g/mol. The van der Waals surface area contributed by atoms with Crippen molar-refractivity contribution < 1.29 is 8.83 Å². The molecule has 13 rings (SSSR count). The molecule has 0 fully saturated rings. The Morgan fingerprint density at radius 2 is 0.841 bits per heavy atom. The van der Waals surface area contributed by atoms with Crippen LogP contribution < -0.4 is 4.90 Å². The summed E-state index contributed by atoms with van der Waals surface area (Å²) >= 11 is 0. The molecule has 0 unspecified atom stereocenters. The molecule has 0 atom stereocenters. The van der Waals surface area contributed by atoms with Gasteiger partial charge in [0.05, 0.1) is 11.4 Å². The molecule has 0 radical (unpaired) electrons. The highest BCUT2D eigenvalue weighted by Crippen LogP contribution is 2.50. The first kappa shape index (κ1) is 35.4. The lowest BCUT2D eigenvalue weighted by atomic mass is 9.89. The van der Waals surface area contributed by atoms with Crippen molar-refractivity contribution in [2.75, 3.05) is 4.90 Å². The molecule has 0 amide bonds. The van der Waals surface area contributed by atoms with Gasteiger partial charge in [-0.15, -0.1) is 0 Å². The van der Waals surface area contributed by atoms with Crippen molar-refractivity contribution in [3.8, 4) is 33.4 Å². The number of nitrogens with zero attached hydrogens (tertiary/aromatic N) is 1. The van der Waals surface area contributed by atoms with E-state index in [2.05, 4.69) is 211 Å². The van der Waals surface area contributed by atoms with Crippen LogP contribution in [0.25, 0.3) is 110 Å². The van der Waals surface area contributed by atoms with Crippen molar-refractivity contribution in [3.05, 3.63) is 224 Å². The molecular weight excluding hydrogens is 767 g/mol. The summed E-state index contributed by atoms with van der Waals surface area (Å²) in [5, 5.41) is 11.7. The molecule has 0 aliphatic rings. The summed E-state index contributed by atoms with van der Waals surface area (Å²) in [5.74, 6) is 0. The number of rotatable bonds is 6. The van der Waals surface area contributed by atoms with Gasteiger partial charge in [-0.2, -0.15) is 0 Å². The fraction of sp³-hybridized carbons (Fsp3) is 0. The predicted molar refractivity (Wildman–Crippen MR) is 265 cm³/mol. The molecule has 13 aromatic rings. The molecule has 11 aromatic carbocycles.